The summed E-state index contributed by atoms with van der Waals surface area (Å²) >= 11 is 1.44. The van der Waals surface area contributed by atoms with Crippen LogP contribution in [0, 0.1) is 0 Å². The van der Waals surface area contributed by atoms with E-state index in [9.17, 15) is 9.59 Å². The molecule has 0 aromatic heterocycles. The van der Waals surface area contributed by atoms with Gasteiger partial charge >= 0.3 is 5.97 Å². The van der Waals surface area contributed by atoms with Crippen LogP contribution in [0.1, 0.15) is 5.56 Å². The number of carboxylic acids is 1. The van der Waals surface area contributed by atoms with E-state index < -0.39 is 12.0 Å². The van der Waals surface area contributed by atoms with Gasteiger partial charge in [-0.3, -0.25) is 4.79 Å². The van der Waals surface area contributed by atoms with E-state index in [1.807, 2.05) is 6.07 Å². The molecule has 19 heavy (non-hydrogen) atoms. The summed E-state index contributed by atoms with van der Waals surface area (Å²) in [6.07, 6.45) is 3.02. The minimum atomic E-state index is -0.962. The molecule has 1 heterocycles. The predicted molar refractivity (Wildman–Crippen MR) is 75.5 cm³/mol. The predicted octanol–water partition coefficient (Wildman–Crippen LogP) is 1.27. The number of benzene rings is 1. The number of anilines is 1. The molecule has 3 N–H and O–H groups in total. The molecule has 0 bridgehead atoms. The van der Waals surface area contributed by atoms with Gasteiger partial charge in [-0.1, -0.05) is 12.1 Å². The second-order valence-corrected chi connectivity index (χ2v) is 5.17. The highest BCUT2D eigenvalue weighted by molar-refractivity contribution is 7.99. The van der Waals surface area contributed by atoms with Crippen molar-refractivity contribution in [3.05, 3.63) is 35.9 Å². The minimum Gasteiger partial charge on any atom is -0.480 e. The van der Waals surface area contributed by atoms with Gasteiger partial charge < -0.3 is 15.7 Å². The van der Waals surface area contributed by atoms with E-state index in [1.54, 1.807) is 24.3 Å². The number of carbonyl (C=O) groups excluding carboxylic acids is 1. The first-order chi connectivity index (χ1) is 9.08. The van der Waals surface area contributed by atoms with Gasteiger partial charge in [-0.25, -0.2) is 4.79 Å². The van der Waals surface area contributed by atoms with Crippen molar-refractivity contribution in [2.24, 2.45) is 0 Å². The van der Waals surface area contributed by atoms with Crippen LogP contribution in [0.25, 0.3) is 6.08 Å². The Morgan fingerprint density at radius 1 is 1.47 bits per heavy atom. The van der Waals surface area contributed by atoms with Crippen molar-refractivity contribution in [1.82, 2.24) is 4.90 Å². The number of carbonyl (C=O) groups is 2. The molecule has 1 amide bonds. The van der Waals surface area contributed by atoms with Crippen LogP contribution in [0.2, 0.25) is 0 Å². The number of nitrogens with two attached hydrogens (primary N) is 1. The maximum Gasteiger partial charge on any atom is 0.327 e. The van der Waals surface area contributed by atoms with Crippen LogP contribution in [0.15, 0.2) is 30.3 Å². The van der Waals surface area contributed by atoms with Crippen molar-refractivity contribution in [3.63, 3.8) is 0 Å². The van der Waals surface area contributed by atoms with Crippen LogP contribution in [0.5, 0.6) is 0 Å². The van der Waals surface area contributed by atoms with Gasteiger partial charge in [-0.15, -0.1) is 11.8 Å². The third-order valence-electron chi connectivity index (χ3n) is 2.78. The molecule has 2 rings (SSSR count). The Kier molecular flexibility index (Phi) is 4.11. The molecule has 5 nitrogen and oxygen atoms in total. The summed E-state index contributed by atoms with van der Waals surface area (Å²) in [6, 6.07) is 6.40. The minimum absolute atomic E-state index is 0.292. The Balaban J connectivity index is 2.06. The Bertz CT molecular complexity index is 530. The maximum absolute atomic E-state index is 11.9. The smallest absolute Gasteiger partial charge is 0.327 e. The summed E-state index contributed by atoms with van der Waals surface area (Å²) in [5.74, 6) is -0.403. The molecule has 0 radical (unpaired) electrons. The van der Waals surface area contributed by atoms with Crippen LogP contribution in [0.3, 0.4) is 0 Å². The van der Waals surface area contributed by atoms with E-state index in [0.717, 1.165) is 5.56 Å². The Hall–Kier alpha value is -1.95. The van der Waals surface area contributed by atoms with E-state index in [1.165, 1.54) is 22.7 Å². The van der Waals surface area contributed by atoms with Gasteiger partial charge in [0.25, 0.3) is 0 Å². The lowest BCUT2D eigenvalue weighted by molar-refractivity contribution is -0.146. The second-order valence-electron chi connectivity index (χ2n) is 4.17. The molecule has 1 aromatic rings. The quantitative estimate of drug-likeness (QED) is 0.642. The van der Waals surface area contributed by atoms with E-state index in [2.05, 4.69) is 0 Å². The number of aliphatic carboxylic acids is 1. The molecule has 1 aromatic carbocycles. The van der Waals surface area contributed by atoms with Crippen LogP contribution in [-0.2, 0) is 9.59 Å². The molecule has 0 saturated carbocycles. The zero-order chi connectivity index (χ0) is 13.8. The Morgan fingerprint density at radius 3 is 2.95 bits per heavy atom. The zero-order valence-electron chi connectivity index (χ0n) is 10.2. The van der Waals surface area contributed by atoms with Gasteiger partial charge in [-0.05, 0) is 23.8 Å². The number of carboxylic acid groups (broad SMARTS) is 1. The van der Waals surface area contributed by atoms with Crippen molar-refractivity contribution in [2.75, 3.05) is 17.4 Å². The fraction of sp³-hybridized carbons (Fsp3) is 0.231. The SMILES string of the molecule is Nc1cccc(/C=C/C(=O)N2CSCC2C(=O)O)c1. The standard InChI is InChI=1S/C13H14N2O3S/c14-10-3-1-2-9(6-10)4-5-12(16)15-8-19-7-11(15)13(17)18/h1-6,11H,7-8,14H2,(H,17,18)/b5-4+. The summed E-state index contributed by atoms with van der Waals surface area (Å²) in [5.41, 5.74) is 7.07. The fourth-order valence-electron chi connectivity index (χ4n) is 1.79. The van der Waals surface area contributed by atoms with Gasteiger partial charge in [0.15, 0.2) is 0 Å². The zero-order valence-corrected chi connectivity index (χ0v) is 11.0. The fourth-order valence-corrected chi connectivity index (χ4v) is 2.95. The summed E-state index contributed by atoms with van der Waals surface area (Å²) in [6.45, 7) is 0. The summed E-state index contributed by atoms with van der Waals surface area (Å²) in [5, 5.41) is 9.01. The summed E-state index contributed by atoms with van der Waals surface area (Å²) in [4.78, 5) is 24.3. The number of hydrogen-bond acceptors (Lipinski definition) is 4. The van der Waals surface area contributed by atoms with Gasteiger partial charge in [0.05, 0.1) is 5.88 Å². The van der Waals surface area contributed by atoms with Crippen molar-refractivity contribution < 1.29 is 14.7 Å². The molecule has 1 atom stereocenters. The molecule has 1 aliphatic heterocycles. The number of nitrogen functional groups attached to an aromatic ring is 1. The number of amides is 1. The average molecular weight is 278 g/mol. The number of rotatable bonds is 3. The molecular formula is C13H14N2O3S. The van der Waals surface area contributed by atoms with Crippen molar-refractivity contribution in [1.29, 1.82) is 0 Å². The van der Waals surface area contributed by atoms with Crippen molar-refractivity contribution >= 4 is 35.4 Å². The topological polar surface area (TPSA) is 83.6 Å². The number of thioether (sulfide) groups is 1. The molecular weight excluding hydrogens is 264 g/mol. The first-order valence-corrected chi connectivity index (χ1v) is 6.88. The van der Waals surface area contributed by atoms with E-state index in [-0.39, 0.29) is 5.91 Å². The molecule has 1 fully saturated rings. The largest absolute Gasteiger partial charge is 0.480 e. The van der Waals surface area contributed by atoms with Crippen LogP contribution >= 0.6 is 11.8 Å². The molecule has 1 unspecified atom stereocenters. The third-order valence-corrected chi connectivity index (χ3v) is 3.79. The van der Waals surface area contributed by atoms with Gasteiger partial charge in [-0.2, -0.15) is 0 Å². The monoisotopic (exact) mass is 278 g/mol. The Labute approximate surface area is 115 Å². The van der Waals surface area contributed by atoms with Crippen LogP contribution < -0.4 is 5.73 Å². The number of hydrogen-bond donors (Lipinski definition) is 2. The highest BCUT2D eigenvalue weighted by Gasteiger charge is 2.33. The molecule has 1 saturated heterocycles. The molecule has 6 heteroatoms. The van der Waals surface area contributed by atoms with Crippen molar-refractivity contribution in [2.45, 2.75) is 6.04 Å². The lowest BCUT2D eigenvalue weighted by atomic mass is 10.2. The van der Waals surface area contributed by atoms with Crippen LogP contribution in [0.4, 0.5) is 5.69 Å². The summed E-state index contributed by atoms with van der Waals surface area (Å²) < 4.78 is 0. The van der Waals surface area contributed by atoms with Crippen molar-refractivity contribution in [3.8, 4) is 0 Å². The lowest BCUT2D eigenvalue weighted by Crippen LogP contribution is -2.40. The lowest BCUT2D eigenvalue weighted by Gasteiger charge is -2.18. The average Bonchev–Trinajstić information content (AvgIpc) is 2.85. The van der Waals surface area contributed by atoms with Gasteiger partial charge in [0.2, 0.25) is 5.91 Å². The first-order valence-electron chi connectivity index (χ1n) is 5.72. The maximum atomic E-state index is 11.9. The molecule has 0 aliphatic carbocycles. The molecule has 100 valence electrons. The van der Waals surface area contributed by atoms with Crippen LogP contribution in [-0.4, -0.2) is 39.6 Å². The summed E-state index contributed by atoms with van der Waals surface area (Å²) in [7, 11) is 0. The highest BCUT2D eigenvalue weighted by atomic mass is 32.2. The van der Waals surface area contributed by atoms with Gasteiger partial charge in [0, 0.05) is 17.5 Å². The molecule has 0 spiro atoms. The third kappa shape index (κ3) is 3.29. The number of nitrogens with zero attached hydrogens (tertiary/aromatic N) is 1. The van der Waals surface area contributed by atoms with E-state index >= 15 is 0 Å². The normalized spacial score (nSPS) is 18.9. The second kappa shape index (κ2) is 5.79. The Morgan fingerprint density at radius 2 is 2.26 bits per heavy atom. The van der Waals surface area contributed by atoms with E-state index in [0.29, 0.717) is 17.3 Å². The van der Waals surface area contributed by atoms with E-state index in [4.69, 9.17) is 10.8 Å². The first kappa shape index (κ1) is 13.5. The van der Waals surface area contributed by atoms with Gasteiger partial charge in [0.1, 0.15) is 6.04 Å². The highest BCUT2D eigenvalue weighted by Crippen LogP contribution is 2.21. The molecule has 1 aliphatic rings.